The fraction of sp³-hybridized carbons (Fsp3) is 0.471. The maximum Gasteiger partial charge on any atom is 0.242 e. The molecule has 1 aromatic carbocycles. The molecule has 0 aliphatic carbocycles. The Balaban J connectivity index is 1.64. The lowest BCUT2D eigenvalue weighted by Gasteiger charge is -2.35. The van der Waals surface area contributed by atoms with E-state index in [0.29, 0.717) is 26.2 Å². The molecule has 2 aromatic rings. The molecule has 0 bridgehead atoms. The Bertz CT molecular complexity index is 695. The predicted molar refractivity (Wildman–Crippen MR) is 92.9 cm³/mol. The number of hydrogen-bond acceptors (Lipinski definition) is 6. The number of hydrogen-bond donors (Lipinski definition) is 1. The summed E-state index contributed by atoms with van der Waals surface area (Å²) in [4.78, 5) is 27.1. The molecular formula is C17H23N5O2. The molecule has 0 atom stereocenters. The normalized spacial score (nSPS) is 15.7. The number of aliphatic hydroxyl groups excluding tert-OH is 1. The molecule has 3 rings (SSSR count). The number of carbonyl (C=O) groups is 1. The van der Waals surface area contributed by atoms with Crippen LogP contribution >= 0.6 is 0 Å². The third-order valence-corrected chi connectivity index (χ3v) is 4.40. The highest BCUT2D eigenvalue weighted by molar-refractivity contribution is 5.91. The summed E-state index contributed by atoms with van der Waals surface area (Å²) in [5.74, 6) is 0.872. The van der Waals surface area contributed by atoms with Crippen LogP contribution in [-0.4, -0.2) is 83.7 Å². The van der Waals surface area contributed by atoms with E-state index < -0.39 is 0 Å². The van der Waals surface area contributed by atoms with Crippen LogP contribution in [0.3, 0.4) is 0 Å². The number of piperazine rings is 1. The minimum Gasteiger partial charge on any atom is -0.395 e. The maximum atomic E-state index is 12.6. The summed E-state index contributed by atoms with van der Waals surface area (Å²) in [6.07, 6.45) is 1.53. The van der Waals surface area contributed by atoms with Crippen LogP contribution in [0, 0.1) is 0 Å². The number of likely N-dealkylation sites (N-methyl/N-ethyl adjacent to an activating group) is 1. The lowest BCUT2D eigenvalue weighted by Crippen LogP contribution is -2.51. The number of aromatic nitrogens is 2. The first-order valence-corrected chi connectivity index (χ1v) is 8.21. The smallest absolute Gasteiger partial charge is 0.242 e. The Kier molecular flexibility index (Phi) is 5.22. The topological polar surface area (TPSA) is 72.8 Å². The number of nitrogens with zero attached hydrogens (tertiary/aromatic N) is 5. The quantitative estimate of drug-likeness (QED) is 0.845. The van der Waals surface area contributed by atoms with E-state index in [-0.39, 0.29) is 12.5 Å². The summed E-state index contributed by atoms with van der Waals surface area (Å²) in [6.45, 7) is 4.17. The van der Waals surface area contributed by atoms with Gasteiger partial charge in [0.05, 0.1) is 18.7 Å². The summed E-state index contributed by atoms with van der Waals surface area (Å²) in [6, 6.07) is 7.80. The van der Waals surface area contributed by atoms with Gasteiger partial charge in [0.25, 0.3) is 0 Å². The Morgan fingerprint density at radius 1 is 1.21 bits per heavy atom. The van der Waals surface area contributed by atoms with Gasteiger partial charge in [-0.25, -0.2) is 9.97 Å². The van der Waals surface area contributed by atoms with Gasteiger partial charge >= 0.3 is 0 Å². The fourth-order valence-corrected chi connectivity index (χ4v) is 3.03. The van der Waals surface area contributed by atoms with Crippen molar-refractivity contribution in [1.29, 1.82) is 0 Å². The third-order valence-electron chi connectivity index (χ3n) is 4.40. The fourth-order valence-electron chi connectivity index (χ4n) is 3.03. The van der Waals surface area contributed by atoms with E-state index in [1.807, 2.05) is 41.1 Å². The molecule has 0 radical (unpaired) electrons. The van der Waals surface area contributed by atoms with E-state index in [1.54, 1.807) is 0 Å². The first-order valence-electron chi connectivity index (χ1n) is 8.21. The number of amides is 1. The van der Waals surface area contributed by atoms with E-state index in [1.165, 1.54) is 6.33 Å². The number of anilines is 1. The van der Waals surface area contributed by atoms with Crippen molar-refractivity contribution in [2.24, 2.45) is 0 Å². The van der Waals surface area contributed by atoms with Crippen LogP contribution in [0.25, 0.3) is 10.9 Å². The zero-order valence-corrected chi connectivity index (χ0v) is 13.9. The van der Waals surface area contributed by atoms with E-state index in [4.69, 9.17) is 5.11 Å². The zero-order valence-electron chi connectivity index (χ0n) is 13.9. The number of aliphatic hydroxyl groups is 1. The van der Waals surface area contributed by atoms with E-state index in [0.717, 1.165) is 29.8 Å². The number of rotatable bonds is 5. The van der Waals surface area contributed by atoms with Gasteiger partial charge in [0.15, 0.2) is 0 Å². The summed E-state index contributed by atoms with van der Waals surface area (Å²) in [5.41, 5.74) is 0.874. The van der Waals surface area contributed by atoms with Crippen molar-refractivity contribution in [3.63, 3.8) is 0 Å². The Labute approximate surface area is 141 Å². The van der Waals surface area contributed by atoms with Crippen molar-refractivity contribution in [1.82, 2.24) is 19.8 Å². The van der Waals surface area contributed by atoms with Crippen LogP contribution in [0.2, 0.25) is 0 Å². The highest BCUT2D eigenvalue weighted by Crippen LogP contribution is 2.21. The molecule has 7 heteroatoms. The lowest BCUT2D eigenvalue weighted by molar-refractivity contribution is -0.131. The van der Waals surface area contributed by atoms with Crippen molar-refractivity contribution in [2.45, 2.75) is 0 Å². The van der Waals surface area contributed by atoms with Crippen LogP contribution in [0.4, 0.5) is 5.82 Å². The van der Waals surface area contributed by atoms with Gasteiger partial charge in [-0.15, -0.1) is 0 Å². The Hall–Kier alpha value is -2.25. The maximum absolute atomic E-state index is 12.6. The molecule has 0 spiro atoms. The van der Waals surface area contributed by atoms with Gasteiger partial charge in [-0.2, -0.15) is 0 Å². The van der Waals surface area contributed by atoms with E-state index in [2.05, 4.69) is 14.9 Å². The summed E-state index contributed by atoms with van der Waals surface area (Å²) < 4.78 is 0. The lowest BCUT2D eigenvalue weighted by atomic mass is 10.2. The minimum atomic E-state index is 0.101. The summed E-state index contributed by atoms with van der Waals surface area (Å²) in [7, 11) is 1.88. The first-order chi connectivity index (χ1) is 11.7. The zero-order chi connectivity index (χ0) is 16.9. The summed E-state index contributed by atoms with van der Waals surface area (Å²) in [5, 5.41) is 9.93. The molecule has 24 heavy (non-hydrogen) atoms. The molecule has 2 heterocycles. The van der Waals surface area contributed by atoms with Gasteiger partial charge < -0.3 is 14.9 Å². The van der Waals surface area contributed by atoms with Crippen molar-refractivity contribution < 1.29 is 9.90 Å². The Morgan fingerprint density at radius 2 is 1.96 bits per heavy atom. The van der Waals surface area contributed by atoms with Crippen LogP contribution in [0.15, 0.2) is 30.6 Å². The van der Waals surface area contributed by atoms with Gasteiger partial charge in [0, 0.05) is 45.2 Å². The van der Waals surface area contributed by atoms with Crippen molar-refractivity contribution in [2.75, 3.05) is 57.8 Å². The molecule has 1 aromatic heterocycles. The van der Waals surface area contributed by atoms with Gasteiger partial charge in [-0.1, -0.05) is 12.1 Å². The van der Waals surface area contributed by atoms with E-state index >= 15 is 0 Å². The molecule has 1 aliphatic heterocycles. The second-order valence-electron chi connectivity index (χ2n) is 6.02. The monoisotopic (exact) mass is 329 g/mol. The number of para-hydroxylation sites is 1. The molecule has 1 N–H and O–H groups in total. The molecule has 0 saturated carbocycles. The van der Waals surface area contributed by atoms with Crippen LogP contribution in [-0.2, 0) is 4.79 Å². The standard InChI is InChI=1S/C17H23N5O2/c1-20(17-14-4-2-3-5-15(14)18-13-19-17)12-16(24)22-8-6-21(7-9-22)10-11-23/h2-5,13,23H,6-12H2,1H3. The van der Waals surface area contributed by atoms with Gasteiger partial charge in [-0.3, -0.25) is 9.69 Å². The summed E-state index contributed by atoms with van der Waals surface area (Å²) >= 11 is 0. The largest absolute Gasteiger partial charge is 0.395 e. The second kappa shape index (κ2) is 7.55. The average Bonchev–Trinajstić information content (AvgIpc) is 2.62. The first kappa shape index (κ1) is 16.6. The van der Waals surface area contributed by atoms with Crippen molar-refractivity contribution >= 4 is 22.6 Å². The number of benzene rings is 1. The van der Waals surface area contributed by atoms with Crippen LogP contribution < -0.4 is 4.90 Å². The highest BCUT2D eigenvalue weighted by Gasteiger charge is 2.22. The van der Waals surface area contributed by atoms with Crippen molar-refractivity contribution in [3.05, 3.63) is 30.6 Å². The predicted octanol–water partition coefficient (Wildman–Crippen LogP) is 0.203. The van der Waals surface area contributed by atoms with Crippen LogP contribution in [0.5, 0.6) is 0 Å². The van der Waals surface area contributed by atoms with Gasteiger partial charge in [-0.05, 0) is 12.1 Å². The molecule has 0 unspecified atom stereocenters. The van der Waals surface area contributed by atoms with Gasteiger partial charge in [0.1, 0.15) is 12.1 Å². The number of carbonyl (C=O) groups excluding carboxylic acids is 1. The van der Waals surface area contributed by atoms with Gasteiger partial charge in [0.2, 0.25) is 5.91 Å². The Morgan fingerprint density at radius 3 is 2.71 bits per heavy atom. The SMILES string of the molecule is CN(CC(=O)N1CCN(CCO)CC1)c1ncnc2ccccc12. The molecule has 7 nitrogen and oxygen atoms in total. The molecule has 1 fully saturated rings. The van der Waals surface area contributed by atoms with Crippen molar-refractivity contribution in [3.8, 4) is 0 Å². The average molecular weight is 329 g/mol. The number of β-amino-alcohol motifs (C(OH)–C–C–N with tert-alkyl or cyclic N) is 1. The third kappa shape index (κ3) is 3.63. The number of fused-ring (bicyclic) bond motifs is 1. The highest BCUT2D eigenvalue weighted by atomic mass is 16.3. The van der Waals surface area contributed by atoms with Crippen LogP contribution in [0.1, 0.15) is 0 Å². The molecular weight excluding hydrogens is 306 g/mol. The molecule has 1 aliphatic rings. The molecule has 1 saturated heterocycles. The molecule has 128 valence electrons. The molecule has 1 amide bonds. The second-order valence-corrected chi connectivity index (χ2v) is 6.02. The minimum absolute atomic E-state index is 0.101. The van der Waals surface area contributed by atoms with E-state index in [9.17, 15) is 4.79 Å².